The molecule has 0 bridgehead atoms. The highest BCUT2D eigenvalue weighted by atomic mass is 16.1. The Hall–Kier alpha value is -2.17. The fourth-order valence-corrected chi connectivity index (χ4v) is 0.698. The zero-order chi connectivity index (χ0) is 10.2. The van der Waals surface area contributed by atoms with E-state index in [0.717, 1.165) is 0 Å². The van der Waals surface area contributed by atoms with Crippen LogP contribution >= 0.6 is 0 Å². The van der Waals surface area contributed by atoms with Crippen molar-refractivity contribution in [2.45, 2.75) is 0 Å². The molecule has 0 aliphatic rings. The van der Waals surface area contributed by atoms with Gasteiger partial charge in [-0.3, -0.25) is 4.98 Å². The molecule has 2 aromatic heterocycles. The molecule has 3 N–H and O–H groups in total. The Labute approximate surface area is 80.7 Å². The molecule has 2 heterocycles. The van der Waals surface area contributed by atoms with Crippen LogP contribution in [0, 0.1) is 0 Å². The second-order valence-corrected chi connectivity index (χ2v) is 2.34. The van der Waals surface area contributed by atoms with Crippen LogP contribution in [0.15, 0.2) is 47.7 Å². The highest BCUT2D eigenvalue weighted by molar-refractivity contribution is 5.22. The molecule has 0 atom stereocenters. The second-order valence-electron chi connectivity index (χ2n) is 2.34. The lowest BCUT2D eigenvalue weighted by molar-refractivity contribution is 1.08. The number of hydrogen-bond donors (Lipinski definition) is 2. The number of hydrogen-bond acceptors (Lipinski definition) is 4. The standard InChI is InChI=1S/C5H5N.C4H5N3O/c1-2-4-6-5-3-1;5-3-1-2-6-4(8)7-3/h1-5H;1-2H,(H3,5,6,7,8). The predicted octanol–water partition coefficient (Wildman–Crippen LogP) is 0.434. The van der Waals surface area contributed by atoms with Crippen molar-refractivity contribution in [3.8, 4) is 0 Å². The van der Waals surface area contributed by atoms with Gasteiger partial charge in [0.2, 0.25) is 0 Å². The molecule has 14 heavy (non-hydrogen) atoms. The summed E-state index contributed by atoms with van der Waals surface area (Å²) in [5.41, 5.74) is 4.72. The molecule has 0 unspecified atom stereocenters. The van der Waals surface area contributed by atoms with Crippen molar-refractivity contribution in [3.63, 3.8) is 0 Å². The van der Waals surface area contributed by atoms with E-state index in [4.69, 9.17) is 5.73 Å². The van der Waals surface area contributed by atoms with Crippen LogP contribution in [0.3, 0.4) is 0 Å². The van der Waals surface area contributed by atoms with E-state index >= 15 is 0 Å². The normalized spacial score (nSPS) is 8.57. The fourth-order valence-electron chi connectivity index (χ4n) is 0.698. The van der Waals surface area contributed by atoms with Crippen LogP contribution in [-0.4, -0.2) is 15.0 Å². The van der Waals surface area contributed by atoms with Gasteiger partial charge in [-0.15, -0.1) is 0 Å². The monoisotopic (exact) mass is 190 g/mol. The topological polar surface area (TPSA) is 84.7 Å². The van der Waals surface area contributed by atoms with E-state index in [0.29, 0.717) is 0 Å². The summed E-state index contributed by atoms with van der Waals surface area (Å²) in [6, 6.07) is 7.23. The Bertz CT molecular complexity index is 386. The van der Waals surface area contributed by atoms with Crippen LogP contribution in [0.5, 0.6) is 0 Å². The van der Waals surface area contributed by atoms with Gasteiger partial charge in [0.05, 0.1) is 0 Å². The third-order valence-electron chi connectivity index (χ3n) is 1.26. The third-order valence-corrected chi connectivity index (χ3v) is 1.26. The van der Waals surface area contributed by atoms with E-state index in [2.05, 4.69) is 15.0 Å². The van der Waals surface area contributed by atoms with Crippen LogP contribution < -0.4 is 11.4 Å². The summed E-state index contributed by atoms with van der Waals surface area (Å²) < 4.78 is 0. The Morgan fingerprint density at radius 2 is 1.93 bits per heavy atom. The van der Waals surface area contributed by atoms with Crippen LogP contribution in [-0.2, 0) is 0 Å². The minimum atomic E-state index is -0.412. The molecule has 0 aliphatic heterocycles. The van der Waals surface area contributed by atoms with Crippen molar-refractivity contribution in [3.05, 3.63) is 53.3 Å². The lowest BCUT2D eigenvalue weighted by atomic mass is 10.5. The third kappa shape index (κ3) is 4.01. The molecular weight excluding hydrogens is 180 g/mol. The van der Waals surface area contributed by atoms with E-state index in [-0.39, 0.29) is 5.82 Å². The first kappa shape index (κ1) is 9.91. The number of pyridine rings is 1. The smallest absolute Gasteiger partial charge is 0.346 e. The summed E-state index contributed by atoms with van der Waals surface area (Å²) in [4.78, 5) is 19.7. The molecule has 0 spiro atoms. The molecule has 5 heteroatoms. The number of anilines is 1. The quantitative estimate of drug-likeness (QED) is 0.631. The van der Waals surface area contributed by atoms with Crippen LogP contribution in [0.25, 0.3) is 0 Å². The number of aromatic nitrogens is 3. The molecule has 0 fully saturated rings. The average molecular weight is 190 g/mol. The van der Waals surface area contributed by atoms with Crippen molar-refractivity contribution in [2.24, 2.45) is 0 Å². The molecular formula is C9H10N4O. The summed E-state index contributed by atoms with van der Waals surface area (Å²) in [5, 5.41) is 0. The highest BCUT2D eigenvalue weighted by Crippen LogP contribution is 1.82. The largest absolute Gasteiger partial charge is 0.383 e. The lowest BCUT2D eigenvalue weighted by Gasteiger charge is -1.83. The fraction of sp³-hybridized carbons (Fsp3) is 0. The van der Waals surface area contributed by atoms with Gasteiger partial charge >= 0.3 is 5.69 Å². The Morgan fingerprint density at radius 3 is 2.21 bits per heavy atom. The molecule has 0 amide bonds. The van der Waals surface area contributed by atoms with Gasteiger partial charge in [0, 0.05) is 18.6 Å². The number of rotatable bonds is 0. The number of nitrogen functional groups attached to an aromatic ring is 1. The predicted molar refractivity (Wildman–Crippen MR) is 53.5 cm³/mol. The van der Waals surface area contributed by atoms with Crippen LogP contribution in [0.1, 0.15) is 0 Å². The molecule has 0 radical (unpaired) electrons. The molecule has 0 saturated carbocycles. The first-order valence-electron chi connectivity index (χ1n) is 3.95. The Kier molecular flexibility index (Phi) is 3.87. The van der Waals surface area contributed by atoms with E-state index in [1.54, 1.807) is 12.4 Å². The summed E-state index contributed by atoms with van der Waals surface area (Å²) in [6.45, 7) is 0. The molecule has 0 aromatic carbocycles. The van der Waals surface area contributed by atoms with E-state index < -0.39 is 5.69 Å². The molecule has 5 nitrogen and oxygen atoms in total. The zero-order valence-corrected chi connectivity index (χ0v) is 7.42. The minimum Gasteiger partial charge on any atom is -0.383 e. The molecule has 2 rings (SSSR count). The number of H-pyrrole nitrogens is 1. The van der Waals surface area contributed by atoms with E-state index in [1.165, 1.54) is 12.3 Å². The highest BCUT2D eigenvalue weighted by Gasteiger charge is 1.81. The van der Waals surface area contributed by atoms with Crippen molar-refractivity contribution >= 4 is 5.82 Å². The maximum atomic E-state index is 10.2. The van der Waals surface area contributed by atoms with Crippen LogP contribution in [0.4, 0.5) is 5.82 Å². The Balaban J connectivity index is 0.000000146. The maximum absolute atomic E-state index is 10.2. The van der Waals surface area contributed by atoms with Crippen molar-refractivity contribution in [2.75, 3.05) is 5.73 Å². The van der Waals surface area contributed by atoms with Gasteiger partial charge in [0.15, 0.2) is 0 Å². The first-order chi connectivity index (χ1) is 6.79. The zero-order valence-electron chi connectivity index (χ0n) is 7.42. The number of nitrogens with two attached hydrogens (primary N) is 1. The average Bonchev–Trinajstić information content (AvgIpc) is 2.21. The molecule has 0 saturated heterocycles. The Morgan fingerprint density at radius 1 is 1.21 bits per heavy atom. The van der Waals surface area contributed by atoms with Gasteiger partial charge in [0.25, 0.3) is 0 Å². The van der Waals surface area contributed by atoms with Crippen molar-refractivity contribution < 1.29 is 0 Å². The van der Waals surface area contributed by atoms with Gasteiger partial charge in [-0.2, -0.15) is 4.98 Å². The molecule has 2 aromatic rings. The number of nitrogens with zero attached hydrogens (tertiary/aromatic N) is 2. The summed E-state index contributed by atoms with van der Waals surface area (Å²) in [6.07, 6.45) is 4.95. The van der Waals surface area contributed by atoms with Gasteiger partial charge < -0.3 is 10.7 Å². The van der Waals surface area contributed by atoms with Gasteiger partial charge in [-0.05, 0) is 18.2 Å². The van der Waals surface area contributed by atoms with Gasteiger partial charge in [-0.25, -0.2) is 4.79 Å². The molecule has 0 aliphatic carbocycles. The molecule has 72 valence electrons. The number of nitrogens with one attached hydrogen (secondary N) is 1. The summed E-state index contributed by atoms with van der Waals surface area (Å²) >= 11 is 0. The van der Waals surface area contributed by atoms with Gasteiger partial charge in [0.1, 0.15) is 5.82 Å². The van der Waals surface area contributed by atoms with Crippen molar-refractivity contribution in [1.29, 1.82) is 0 Å². The SMILES string of the molecule is Nc1cc[nH]c(=O)n1.c1ccncc1. The van der Waals surface area contributed by atoms with Crippen molar-refractivity contribution in [1.82, 2.24) is 15.0 Å². The first-order valence-corrected chi connectivity index (χ1v) is 3.95. The second kappa shape index (κ2) is 5.47. The van der Waals surface area contributed by atoms with Crippen LogP contribution in [0.2, 0.25) is 0 Å². The lowest BCUT2D eigenvalue weighted by Crippen LogP contribution is -2.10. The maximum Gasteiger partial charge on any atom is 0.346 e. The summed E-state index contributed by atoms with van der Waals surface area (Å²) in [5.74, 6) is 0.244. The summed E-state index contributed by atoms with van der Waals surface area (Å²) in [7, 11) is 0. The minimum absolute atomic E-state index is 0.244. The number of aromatic amines is 1. The van der Waals surface area contributed by atoms with E-state index in [9.17, 15) is 4.79 Å². The van der Waals surface area contributed by atoms with Gasteiger partial charge in [-0.1, -0.05) is 6.07 Å². The van der Waals surface area contributed by atoms with E-state index in [1.807, 2.05) is 18.2 Å².